The van der Waals surface area contributed by atoms with Crippen molar-refractivity contribution in [2.24, 2.45) is 0 Å². The molecule has 218 valence electrons. The van der Waals surface area contributed by atoms with E-state index in [1.54, 1.807) is 12.1 Å². The summed E-state index contributed by atoms with van der Waals surface area (Å²) in [5.74, 6) is -2.46. The predicted molar refractivity (Wildman–Crippen MR) is 126 cm³/mol. The lowest BCUT2D eigenvalue weighted by molar-refractivity contribution is -0.572. The van der Waals surface area contributed by atoms with Gasteiger partial charge in [0.2, 0.25) is 0 Å². The van der Waals surface area contributed by atoms with Crippen LogP contribution in [0, 0.1) is 0 Å². The summed E-state index contributed by atoms with van der Waals surface area (Å²) in [5, 5.41) is 0.631. The van der Waals surface area contributed by atoms with Crippen LogP contribution in [0.2, 0.25) is 0 Å². The Morgan fingerprint density at radius 2 is 1.57 bits per heavy atom. The van der Waals surface area contributed by atoms with E-state index in [2.05, 4.69) is 25.5 Å². The molecule has 0 unspecified atom stereocenters. The summed E-state index contributed by atoms with van der Waals surface area (Å²) in [6.07, 6.45) is -20.3. The zero-order valence-electron chi connectivity index (χ0n) is 20.4. The molecule has 0 radical (unpaired) electrons. The Hall–Kier alpha value is -3.14. The quantitative estimate of drug-likeness (QED) is 0.0615. The van der Waals surface area contributed by atoms with Crippen molar-refractivity contribution in [3.05, 3.63) is 66.7 Å². The van der Waals surface area contributed by atoms with E-state index in [9.17, 15) is 39.9 Å². The number of thioether (sulfide) groups is 1. The van der Waals surface area contributed by atoms with Crippen LogP contribution >= 0.6 is 11.8 Å². The van der Waals surface area contributed by atoms with Crippen LogP contribution < -0.4 is 0 Å². The van der Waals surface area contributed by atoms with Gasteiger partial charge < -0.3 is 9.15 Å². The molecule has 3 aromatic rings. The molecule has 0 spiro atoms. The molecule has 0 aliphatic carbocycles. The number of alkyl halides is 8. The van der Waals surface area contributed by atoms with Gasteiger partial charge in [-0.15, -0.1) is 29.3 Å². The first-order valence-electron chi connectivity index (χ1n) is 11.2. The number of fused-ring (bicyclic) bond motifs is 1. The Morgan fingerprint density at radius 1 is 0.925 bits per heavy atom. The van der Waals surface area contributed by atoms with E-state index in [4.69, 9.17) is 4.42 Å². The maximum atomic E-state index is 14.1. The van der Waals surface area contributed by atoms with Crippen molar-refractivity contribution in [2.45, 2.75) is 43.0 Å². The van der Waals surface area contributed by atoms with Crippen LogP contribution in [0.4, 0.5) is 35.1 Å². The van der Waals surface area contributed by atoms with Gasteiger partial charge >= 0.3 is 30.8 Å². The third kappa shape index (κ3) is 8.94. The Labute approximate surface area is 225 Å². The van der Waals surface area contributed by atoms with Gasteiger partial charge in [-0.2, -0.15) is 17.6 Å². The van der Waals surface area contributed by atoms with Crippen molar-refractivity contribution in [3.8, 4) is 11.3 Å². The summed E-state index contributed by atoms with van der Waals surface area (Å²) >= 11 is 0.316. The van der Waals surface area contributed by atoms with Crippen LogP contribution in [0.25, 0.3) is 22.3 Å². The number of ether oxygens (including phenoxy) is 4. The molecule has 0 fully saturated rings. The molecule has 0 saturated carbocycles. The Balaban J connectivity index is 1.62. The molecule has 3 rings (SSSR count). The predicted octanol–water partition coefficient (Wildman–Crippen LogP) is 7.82. The van der Waals surface area contributed by atoms with Crippen molar-refractivity contribution < 1.29 is 63.3 Å². The maximum absolute atomic E-state index is 14.1. The van der Waals surface area contributed by atoms with E-state index in [0.717, 1.165) is 17.5 Å². The first kappa shape index (κ1) is 31.4. The highest BCUT2D eigenvalue weighted by atomic mass is 32.2. The number of halogens is 8. The van der Waals surface area contributed by atoms with Crippen molar-refractivity contribution in [1.29, 1.82) is 0 Å². The Kier molecular flexibility index (Phi) is 9.54. The van der Waals surface area contributed by atoms with E-state index in [-0.39, 0.29) is 4.90 Å². The second-order valence-electron chi connectivity index (χ2n) is 7.93. The molecular weight excluding hydrogens is 580 g/mol. The summed E-state index contributed by atoms with van der Waals surface area (Å²) < 4.78 is 127. The standard InChI is InChI=1S/C25H20F8O6S/c1-3-15-7-5-6-8-18(15)20-11-16-9-10-17(12-19(16)36-20)40-14-23(28,29)38-25(32,33)39-24(30,31)37-22(26,27)13-35-21(34)4-2/h4-12H,2-3,13-14H2,1H3. The molecule has 0 saturated heterocycles. The van der Waals surface area contributed by atoms with Gasteiger partial charge in [-0.1, -0.05) is 37.8 Å². The normalized spacial score (nSPS) is 13.0. The van der Waals surface area contributed by atoms with E-state index in [1.165, 1.54) is 12.1 Å². The zero-order chi connectivity index (χ0) is 29.8. The molecule has 0 aliphatic rings. The van der Waals surface area contributed by atoms with Crippen LogP contribution in [-0.2, 0) is 30.2 Å². The average Bonchev–Trinajstić information content (AvgIpc) is 3.27. The van der Waals surface area contributed by atoms with Crippen LogP contribution in [0.3, 0.4) is 0 Å². The van der Waals surface area contributed by atoms with E-state index in [0.29, 0.717) is 34.6 Å². The van der Waals surface area contributed by atoms with Gasteiger partial charge in [0.05, 0.1) is 5.75 Å². The minimum atomic E-state index is -5.84. The number of hydrogen-bond donors (Lipinski definition) is 0. The number of hydrogen-bond acceptors (Lipinski definition) is 7. The number of carbonyl (C=O) groups is 1. The van der Waals surface area contributed by atoms with Crippen molar-refractivity contribution in [3.63, 3.8) is 0 Å². The highest BCUT2D eigenvalue weighted by Crippen LogP contribution is 2.39. The number of aryl methyl sites for hydroxylation is 1. The highest BCUT2D eigenvalue weighted by Gasteiger charge is 2.56. The summed E-state index contributed by atoms with van der Waals surface area (Å²) in [6, 6.07) is 13.5. The van der Waals surface area contributed by atoms with Gasteiger partial charge in [0.1, 0.15) is 11.3 Å². The minimum absolute atomic E-state index is 0.132. The van der Waals surface area contributed by atoms with Crippen LogP contribution in [0.1, 0.15) is 12.5 Å². The van der Waals surface area contributed by atoms with E-state index >= 15 is 0 Å². The molecular formula is C25H20F8O6S. The summed E-state index contributed by atoms with van der Waals surface area (Å²) in [4.78, 5) is 10.9. The minimum Gasteiger partial charge on any atom is -0.456 e. The lowest BCUT2D eigenvalue weighted by Gasteiger charge is -2.27. The number of benzene rings is 2. The molecule has 40 heavy (non-hydrogen) atoms. The maximum Gasteiger partial charge on any atom is 0.496 e. The fraction of sp³-hybridized carbons (Fsp3) is 0.320. The first-order chi connectivity index (χ1) is 18.5. The smallest absolute Gasteiger partial charge is 0.456 e. The second kappa shape index (κ2) is 12.2. The first-order valence-corrected chi connectivity index (χ1v) is 12.2. The highest BCUT2D eigenvalue weighted by molar-refractivity contribution is 7.99. The fourth-order valence-corrected chi connectivity index (χ4v) is 4.02. The van der Waals surface area contributed by atoms with Crippen LogP contribution in [0.5, 0.6) is 0 Å². The molecule has 0 bridgehead atoms. The fourth-order valence-electron chi connectivity index (χ4n) is 3.27. The average molecular weight is 600 g/mol. The van der Waals surface area contributed by atoms with Gasteiger partial charge in [-0.05, 0) is 36.2 Å². The monoisotopic (exact) mass is 600 g/mol. The lowest BCUT2D eigenvalue weighted by Crippen LogP contribution is -2.46. The number of carbonyl (C=O) groups excluding carboxylic acids is 1. The van der Waals surface area contributed by atoms with E-state index in [1.807, 2.05) is 31.2 Å². The topological polar surface area (TPSA) is 67.1 Å². The van der Waals surface area contributed by atoms with Crippen LogP contribution in [0.15, 0.2) is 70.5 Å². The van der Waals surface area contributed by atoms with Gasteiger partial charge in [0.25, 0.3) is 0 Å². The molecule has 1 heterocycles. The van der Waals surface area contributed by atoms with Gasteiger partial charge in [-0.25, -0.2) is 19.0 Å². The third-order valence-electron chi connectivity index (χ3n) is 4.89. The second-order valence-corrected chi connectivity index (χ2v) is 8.98. The van der Waals surface area contributed by atoms with Crippen LogP contribution in [-0.4, -0.2) is 43.1 Å². The lowest BCUT2D eigenvalue weighted by atomic mass is 10.0. The Bertz CT molecular complexity index is 1340. The number of esters is 1. The van der Waals surface area contributed by atoms with Gasteiger partial charge in [0.15, 0.2) is 6.61 Å². The number of rotatable bonds is 14. The molecule has 0 N–H and O–H groups in total. The molecule has 6 nitrogen and oxygen atoms in total. The van der Waals surface area contributed by atoms with Crippen molar-refractivity contribution >= 4 is 28.7 Å². The molecule has 0 amide bonds. The molecule has 0 atom stereocenters. The summed E-state index contributed by atoms with van der Waals surface area (Å²) in [7, 11) is 0. The summed E-state index contributed by atoms with van der Waals surface area (Å²) in [5.41, 5.74) is 2.14. The van der Waals surface area contributed by atoms with Crippen molar-refractivity contribution in [2.75, 3.05) is 12.4 Å². The summed E-state index contributed by atoms with van der Waals surface area (Å²) in [6.45, 7) is 2.68. The van der Waals surface area contributed by atoms with Crippen molar-refractivity contribution in [1.82, 2.24) is 0 Å². The van der Waals surface area contributed by atoms with Gasteiger partial charge in [0, 0.05) is 21.9 Å². The Morgan fingerprint density at radius 3 is 2.23 bits per heavy atom. The molecule has 2 aromatic carbocycles. The molecule has 1 aromatic heterocycles. The number of furan rings is 1. The molecule has 15 heteroatoms. The third-order valence-corrected chi connectivity index (χ3v) is 5.95. The SMILES string of the molecule is C=CC(=O)OCC(F)(F)OC(F)(F)OC(F)(F)OC(F)(F)CSc1ccc2cc(-c3ccccc3CC)oc2c1. The largest absolute Gasteiger partial charge is 0.496 e. The van der Waals surface area contributed by atoms with Gasteiger partial charge in [-0.3, -0.25) is 0 Å². The molecule has 0 aliphatic heterocycles. The zero-order valence-corrected chi connectivity index (χ0v) is 21.2. The van der Waals surface area contributed by atoms with E-state index < -0.39 is 43.1 Å².